The molecule has 5 nitrogen and oxygen atoms in total. The fraction of sp³-hybridized carbons (Fsp3) is 0.579. The molecule has 1 saturated carbocycles. The van der Waals surface area contributed by atoms with Crippen LogP contribution in [0.5, 0.6) is 5.75 Å². The van der Waals surface area contributed by atoms with E-state index in [0.717, 1.165) is 19.3 Å². The Hall–Kier alpha value is -1.75. The van der Waals surface area contributed by atoms with Gasteiger partial charge in [-0.25, -0.2) is 0 Å². The minimum absolute atomic E-state index is 0.00118. The van der Waals surface area contributed by atoms with Gasteiger partial charge in [0.05, 0.1) is 13.5 Å². The Bertz CT molecular complexity index is 619. The standard InChI is InChI=1S/C19H26ClNO4/c1-12-6-4-5-7-16(12)21-19(23)13(2)25-18(22)11-14-10-15(20)8-9-17(14)24-3/h8-10,12-13,16H,4-7,11H2,1-3H3,(H,21,23)/t12-,13+,16-/m0/s1. The minimum atomic E-state index is -0.827. The highest BCUT2D eigenvalue weighted by Crippen LogP contribution is 2.25. The van der Waals surface area contributed by atoms with E-state index >= 15 is 0 Å². The Morgan fingerprint density at radius 1 is 1.32 bits per heavy atom. The number of hydrogen-bond acceptors (Lipinski definition) is 4. The van der Waals surface area contributed by atoms with E-state index in [1.165, 1.54) is 13.5 Å². The lowest BCUT2D eigenvalue weighted by Gasteiger charge is -2.30. The van der Waals surface area contributed by atoms with Crippen molar-refractivity contribution in [3.8, 4) is 5.75 Å². The largest absolute Gasteiger partial charge is 0.496 e. The number of methoxy groups -OCH3 is 1. The number of nitrogens with one attached hydrogen (secondary N) is 1. The first-order valence-corrected chi connectivity index (χ1v) is 9.10. The number of amides is 1. The molecule has 0 unspecified atom stereocenters. The number of hydrogen-bond donors (Lipinski definition) is 1. The number of rotatable bonds is 6. The summed E-state index contributed by atoms with van der Waals surface area (Å²) in [4.78, 5) is 24.5. The molecule has 1 N–H and O–H groups in total. The molecule has 1 aromatic rings. The van der Waals surface area contributed by atoms with Crippen molar-refractivity contribution >= 4 is 23.5 Å². The zero-order chi connectivity index (χ0) is 18.4. The van der Waals surface area contributed by atoms with Gasteiger partial charge in [-0.1, -0.05) is 31.4 Å². The first kappa shape index (κ1) is 19.6. The molecule has 1 aromatic carbocycles. The third-order valence-electron chi connectivity index (χ3n) is 4.69. The fourth-order valence-electron chi connectivity index (χ4n) is 3.16. The maximum atomic E-state index is 12.3. The summed E-state index contributed by atoms with van der Waals surface area (Å²) in [7, 11) is 1.53. The Labute approximate surface area is 154 Å². The second-order valence-corrected chi connectivity index (χ2v) is 7.08. The number of benzene rings is 1. The van der Waals surface area contributed by atoms with Crippen molar-refractivity contribution in [1.82, 2.24) is 5.32 Å². The SMILES string of the molecule is COc1ccc(Cl)cc1CC(=O)O[C@H](C)C(=O)N[C@H]1CCCC[C@@H]1C. The maximum absolute atomic E-state index is 12.3. The first-order valence-electron chi connectivity index (χ1n) is 8.73. The topological polar surface area (TPSA) is 64.6 Å². The summed E-state index contributed by atoms with van der Waals surface area (Å²) in [6.45, 7) is 3.74. The molecular weight excluding hydrogens is 342 g/mol. The molecule has 3 atom stereocenters. The molecule has 6 heteroatoms. The van der Waals surface area contributed by atoms with Gasteiger partial charge >= 0.3 is 5.97 Å². The quantitative estimate of drug-likeness (QED) is 0.781. The van der Waals surface area contributed by atoms with E-state index in [0.29, 0.717) is 22.3 Å². The van der Waals surface area contributed by atoms with E-state index in [-0.39, 0.29) is 18.4 Å². The van der Waals surface area contributed by atoms with E-state index in [1.807, 2.05) is 0 Å². The summed E-state index contributed by atoms with van der Waals surface area (Å²) < 4.78 is 10.5. The predicted octanol–water partition coefficient (Wildman–Crippen LogP) is 3.52. The van der Waals surface area contributed by atoms with Gasteiger partial charge in [0.25, 0.3) is 5.91 Å². The molecule has 138 valence electrons. The van der Waals surface area contributed by atoms with Crippen LogP contribution >= 0.6 is 11.6 Å². The molecule has 0 heterocycles. The lowest BCUT2D eigenvalue weighted by atomic mass is 9.86. The van der Waals surface area contributed by atoms with Gasteiger partial charge in [-0.15, -0.1) is 0 Å². The average Bonchev–Trinajstić information content (AvgIpc) is 2.57. The van der Waals surface area contributed by atoms with Crippen LogP contribution < -0.4 is 10.1 Å². The number of ether oxygens (including phenoxy) is 2. The second kappa shape index (κ2) is 9.09. The van der Waals surface area contributed by atoms with Crippen LogP contribution in [-0.2, 0) is 20.7 Å². The van der Waals surface area contributed by atoms with E-state index in [2.05, 4.69) is 12.2 Å². The summed E-state index contributed by atoms with van der Waals surface area (Å²) in [5, 5.41) is 3.52. The van der Waals surface area contributed by atoms with Gasteiger partial charge in [-0.2, -0.15) is 0 Å². The highest BCUT2D eigenvalue weighted by Gasteiger charge is 2.26. The van der Waals surface area contributed by atoms with Crippen LogP contribution in [0.3, 0.4) is 0 Å². The molecular formula is C19H26ClNO4. The summed E-state index contributed by atoms with van der Waals surface area (Å²) in [5.41, 5.74) is 0.633. The normalized spacial score (nSPS) is 21.3. The number of carbonyl (C=O) groups excluding carboxylic acids is 2. The van der Waals surface area contributed by atoms with Crippen molar-refractivity contribution < 1.29 is 19.1 Å². The van der Waals surface area contributed by atoms with Crippen LogP contribution in [-0.4, -0.2) is 31.1 Å². The van der Waals surface area contributed by atoms with Crippen molar-refractivity contribution in [1.29, 1.82) is 0 Å². The summed E-state index contributed by atoms with van der Waals surface area (Å²) in [5.74, 6) is 0.288. The van der Waals surface area contributed by atoms with Gasteiger partial charge in [0.1, 0.15) is 5.75 Å². The molecule has 1 aliphatic carbocycles. The Kier molecular flexibility index (Phi) is 7.12. The van der Waals surface area contributed by atoms with Crippen LogP contribution in [0.1, 0.15) is 45.1 Å². The number of esters is 1. The summed E-state index contributed by atoms with van der Waals surface area (Å²) >= 11 is 5.96. The van der Waals surface area contributed by atoms with Gasteiger partial charge in [-0.05, 0) is 43.9 Å². The molecule has 0 spiro atoms. The van der Waals surface area contributed by atoms with Crippen molar-refractivity contribution in [3.05, 3.63) is 28.8 Å². The highest BCUT2D eigenvalue weighted by molar-refractivity contribution is 6.30. The van der Waals surface area contributed by atoms with E-state index < -0.39 is 12.1 Å². The van der Waals surface area contributed by atoms with Crippen LogP contribution in [0.25, 0.3) is 0 Å². The molecule has 1 aliphatic rings. The van der Waals surface area contributed by atoms with Crippen molar-refractivity contribution in [2.45, 2.75) is 58.1 Å². The van der Waals surface area contributed by atoms with Gasteiger partial charge < -0.3 is 14.8 Å². The Morgan fingerprint density at radius 3 is 2.72 bits per heavy atom. The first-order chi connectivity index (χ1) is 11.9. The average molecular weight is 368 g/mol. The second-order valence-electron chi connectivity index (χ2n) is 6.64. The molecule has 0 aliphatic heterocycles. The monoisotopic (exact) mass is 367 g/mol. The fourth-order valence-corrected chi connectivity index (χ4v) is 3.36. The number of carbonyl (C=O) groups is 2. The molecule has 25 heavy (non-hydrogen) atoms. The van der Waals surface area contributed by atoms with E-state index in [1.54, 1.807) is 25.1 Å². The zero-order valence-corrected chi connectivity index (χ0v) is 15.8. The van der Waals surface area contributed by atoms with Gasteiger partial charge in [0.2, 0.25) is 0 Å². The van der Waals surface area contributed by atoms with Crippen LogP contribution in [0.15, 0.2) is 18.2 Å². The third kappa shape index (κ3) is 5.63. The van der Waals surface area contributed by atoms with Crippen LogP contribution in [0.4, 0.5) is 0 Å². The predicted molar refractivity (Wildman–Crippen MR) is 96.8 cm³/mol. The summed E-state index contributed by atoms with van der Waals surface area (Å²) in [6.07, 6.45) is 3.60. The molecule has 0 aromatic heterocycles. The molecule has 1 amide bonds. The van der Waals surface area contributed by atoms with Crippen molar-refractivity contribution in [3.63, 3.8) is 0 Å². The molecule has 1 fully saturated rings. The smallest absolute Gasteiger partial charge is 0.311 e. The van der Waals surface area contributed by atoms with Crippen molar-refractivity contribution in [2.75, 3.05) is 7.11 Å². The van der Waals surface area contributed by atoms with Gasteiger partial charge in [0, 0.05) is 16.6 Å². The third-order valence-corrected chi connectivity index (χ3v) is 4.93. The lowest BCUT2D eigenvalue weighted by Crippen LogP contribution is -2.46. The number of halogens is 1. The lowest BCUT2D eigenvalue weighted by molar-refractivity contribution is -0.154. The highest BCUT2D eigenvalue weighted by atomic mass is 35.5. The maximum Gasteiger partial charge on any atom is 0.311 e. The Morgan fingerprint density at radius 2 is 2.04 bits per heavy atom. The van der Waals surface area contributed by atoms with E-state index in [4.69, 9.17) is 21.1 Å². The minimum Gasteiger partial charge on any atom is -0.496 e. The van der Waals surface area contributed by atoms with Crippen LogP contribution in [0, 0.1) is 5.92 Å². The van der Waals surface area contributed by atoms with Gasteiger partial charge in [-0.3, -0.25) is 9.59 Å². The van der Waals surface area contributed by atoms with Crippen molar-refractivity contribution in [2.24, 2.45) is 5.92 Å². The summed E-state index contributed by atoms with van der Waals surface area (Å²) in [6, 6.07) is 5.22. The molecule has 0 bridgehead atoms. The van der Waals surface area contributed by atoms with Gasteiger partial charge in [0.15, 0.2) is 6.10 Å². The van der Waals surface area contributed by atoms with Crippen LogP contribution in [0.2, 0.25) is 5.02 Å². The van der Waals surface area contributed by atoms with E-state index in [9.17, 15) is 9.59 Å². The molecule has 0 radical (unpaired) electrons. The molecule has 2 rings (SSSR count). The Balaban J connectivity index is 1.89. The zero-order valence-electron chi connectivity index (χ0n) is 15.0. The molecule has 0 saturated heterocycles.